The highest BCUT2D eigenvalue weighted by molar-refractivity contribution is 14.0. The van der Waals surface area contributed by atoms with Crippen LogP contribution in [0.15, 0.2) is 34.2 Å². The summed E-state index contributed by atoms with van der Waals surface area (Å²) in [6.07, 6.45) is 5.27. The summed E-state index contributed by atoms with van der Waals surface area (Å²) in [5.41, 5.74) is 0.0406. The number of pyridine rings is 1. The van der Waals surface area contributed by atoms with Crippen LogP contribution in [-0.4, -0.2) is 54.2 Å². The lowest BCUT2D eigenvalue weighted by atomic mass is 9.97. The maximum absolute atomic E-state index is 11.9. The van der Waals surface area contributed by atoms with Crippen molar-refractivity contribution in [3.8, 4) is 0 Å². The quantitative estimate of drug-likeness (QED) is 0.194. The predicted molar refractivity (Wildman–Crippen MR) is 122 cm³/mol. The van der Waals surface area contributed by atoms with Crippen molar-refractivity contribution in [1.82, 2.24) is 14.8 Å². The van der Waals surface area contributed by atoms with Gasteiger partial charge in [-0.3, -0.25) is 14.6 Å². The summed E-state index contributed by atoms with van der Waals surface area (Å²) in [4.78, 5) is 30.5. The molecule has 0 atom stereocenters. The lowest BCUT2D eigenvalue weighted by Gasteiger charge is -2.33. The molecule has 0 bridgehead atoms. The Morgan fingerprint density at radius 2 is 2.00 bits per heavy atom. The van der Waals surface area contributed by atoms with E-state index in [1.54, 1.807) is 16.7 Å². The number of guanidine groups is 1. The van der Waals surface area contributed by atoms with Crippen molar-refractivity contribution in [2.24, 2.45) is 10.9 Å². The molecule has 0 aromatic carbocycles. The fraction of sp³-hybridized carbons (Fsp3) is 0.650. The Balaban J connectivity index is 0.00000392. The van der Waals surface area contributed by atoms with Gasteiger partial charge in [0, 0.05) is 45.0 Å². The topological polar surface area (TPSA) is 75.9 Å². The Morgan fingerprint density at radius 3 is 2.64 bits per heavy atom. The van der Waals surface area contributed by atoms with Crippen LogP contribution in [0.4, 0.5) is 0 Å². The second-order valence-electron chi connectivity index (χ2n) is 6.69. The molecule has 0 spiro atoms. The van der Waals surface area contributed by atoms with Crippen LogP contribution in [0, 0.1) is 5.92 Å². The zero-order chi connectivity index (χ0) is 19.5. The van der Waals surface area contributed by atoms with Gasteiger partial charge in [-0.2, -0.15) is 0 Å². The Labute approximate surface area is 184 Å². The number of likely N-dealkylation sites (tertiary alicyclic amines) is 1. The molecule has 2 heterocycles. The highest BCUT2D eigenvalue weighted by atomic mass is 127. The van der Waals surface area contributed by atoms with Gasteiger partial charge in [-0.05, 0) is 45.6 Å². The molecule has 1 fully saturated rings. The van der Waals surface area contributed by atoms with Crippen LogP contribution < -0.4 is 10.9 Å². The van der Waals surface area contributed by atoms with Gasteiger partial charge >= 0.3 is 5.97 Å². The van der Waals surface area contributed by atoms with Crippen LogP contribution in [0.3, 0.4) is 0 Å². The van der Waals surface area contributed by atoms with Gasteiger partial charge in [0.25, 0.3) is 0 Å². The molecule has 0 unspecified atom stereocenters. The smallest absolute Gasteiger partial charge is 0.309 e. The molecule has 1 N–H and O–H groups in total. The number of hydrogen-bond donors (Lipinski definition) is 1. The standard InChI is InChI=1S/C20H32N4O3.HI/c1-3-21-20(24-15-10-17(11-16-24)19(26)27-4-2)22-12-6-8-14-23-13-7-5-9-18(23)25;/h5,7,9,13,17H,3-4,6,8,10-12,14-16H2,1-2H3,(H,21,22);1H. The van der Waals surface area contributed by atoms with Gasteiger partial charge in [0.2, 0.25) is 5.56 Å². The second-order valence-corrected chi connectivity index (χ2v) is 6.69. The van der Waals surface area contributed by atoms with Gasteiger partial charge < -0.3 is 19.5 Å². The molecular weight excluding hydrogens is 471 g/mol. The van der Waals surface area contributed by atoms with Gasteiger partial charge in [0.15, 0.2) is 5.96 Å². The zero-order valence-corrected chi connectivity index (χ0v) is 19.3. The van der Waals surface area contributed by atoms with Gasteiger partial charge in [-0.15, -0.1) is 24.0 Å². The summed E-state index contributed by atoms with van der Waals surface area (Å²) in [6.45, 7) is 8.23. The molecule has 1 aliphatic rings. The zero-order valence-electron chi connectivity index (χ0n) is 16.9. The lowest BCUT2D eigenvalue weighted by Crippen LogP contribution is -2.46. The van der Waals surface area contributed by atoms with Crippen molar-refractivity contribution < 1.29 is 9.53 Å². The number of ether oxygens (including phenoxy) is 1. The molecule has 1 aromatic rings. The van der Waals surface area contributed by atoms with Crippen LogP contribution >= 0.6 is 24.0 Å². The van der Waals surface area contributed by atoms with Crippen LogP contribution in [0.25, 0.3) is 0 Å². The molecular formula is C20H33IN4O3. The largest absolute Gasteiger partial charge is 0.466 e. The van der Waals surface area contributed by atoms with Crippen molar-refractivity contribution >= 4 is 35.9 Å². The average Bonchev–Trinajstić information content (AvgIpc) is 2.68. The second kappa shape index (κ2) is 13.6. The number of esters is 1. The molecule has 158 valence electrons. The van der Waals surface area contributed by atoms with E-state index in [-0.39, 0.29) is 41.4 Å². The van der Waals surface area contributed by atoms with E-state index in [1.807, 2.05) is 19.2 Å². The third-order valence-electron chi connectivity index (χ3n) is 4.72. The molecule has 2 rings (SSSR count). The van der Waals surface area contributed by atoms with Gasteiger partial charge in [-0.25, -0.2) is 0 Å². The monoisotopic (exact) mass is 504 g/mol. The van der Waals surface area contributed by atoms with Crippen molar-refractivity contribution in [1.29, 1.82) is 0 Å². The molecule has 0 saturated carbocycles. The summed E-state index contributed by atoms with van der Waals surface area (Å²) in [7, 11) is 0. The molecule has 8 heteroatoms. The van der Waals surface area contributed by atoms with E-state index in [1.165, 1.54) is 0 Å². The number of carbonyl (C=O) groups excluding carboxylic acids is 1. The summed E-state index contributed by atoms with van der Waals surface area (Å²) in [6, 6.07) is 5.22. The Bertz CT molecular complexity index is 669. The first-order valence-corrected chi connectivity index (χ1v) is 10.0. The van der Waals surface area contributed by atoms with Crippen molar-refractivity contribution in [3.05, 3.63) is 34.7 Å². The van der Waals surface area contributed by atoms with Crippen molar-refractivity contribution in [2.75, 3.05) is 32.8 Å². The SMILES string of the molecule is CCNC(=NCCCCn1ccccc1=O)N1CCC(C(=O)OCC)CC1.I. The number of rotatable bonds is 8. The summed E-state index contributed by atoms with van der Waals surface area (Å²) < 4.78 is 6.86. The highest BCUT2D eigenvalue weighted by Crippen LogP contribution is 2.18. The fourth-order valence-corrected chi connectivity index (χ4v) is 3.24. The maximum Gasteiger partial charge on any atom is 0.309 e. The molecule has 0 amide bonds. The highest BCUT2D eigenvalue weighted by Gasteiger charge is 2.27. The van der Waals surface area contributed by atoms with E-state index < -0.39 is 0 Å². The molecule has 0 aliphatic carbocycles. The van der Waals surface area contributed by atoms with Crippen LogP contribution in [-0.2, 0) is 16.1 Å². The minimum Gasteiger partial charge on any atom is -0.466 e. The predicted octanol–water partition coefficient (Wildman–Crippen LogP) is 2.49. The number of aliphatic imine (C=N–C) groups is 1. The van der Waals surface area contributed by atoms with Gasteiger partial charge in [-0.1, -0.05) is 6.07 Å². The molecule has 0 radical (unpaired) electrons. The maximum atomic E-state index is 11.9. The number of unbranched alkanes of at least 4 members (excludes halogenated alkanes) is 1. The number of hydrogen-bond acceptors (Lipinski definition) is 4. The van der Waals surface area contributed by atoms with Gasteiger partial charge in [0.1, 0.15) is 0 Å². The number of nitrogens with one attached hydrogen (secondary N) is 1. The third-order valence-corrected chi connectivity index (χ3v) is 4.72. The lowest BCUT2D eigenvalue weighted by molar-refractivity contribution is -0.149. The van der Waals surface area contributed by atoms with Gasteiger partial charge in [0.05, 0.1) is 12.5 Å². The van der Waals surface area contributed by atoms with Crippen LogP contribution in [0.5, 0.6) is 0 Å². The molecule has 1 saturated heterocycles. The number of piperidine rings is 1. The fourth-order valence-electron chi connectivity index (χ4n) is 3.24. The third kappa shape index (κ3) is 7.81. The summed E-state index contributed by atoms with van der Waals surface area (Å²) in [5, 5.41) is 3.34. The first-order chi connectivity index (χ1) is 13.2. The number of aryl methyl sites for hydroxylation is 1. The number of halogens is 1. The van der Waals surface area contributed by atoms with E-state index >= 15 is 0 Å². The van der Waals surface area contributed by atoms with E-state index in [4.69, 9.17) is 9.73 Å². The Kier molecular flexibility index (Phi) is 11.9. The normalized spacial score (nSPS) is 15.1. The number of nitrogens with zero attached hydrogens (tertiary/aromatic N) is 3. The number of aromatic nitrogens is 1. The summed E-state index contributed by atoms with van der Waals surface area (Å²) >= 11 is 0. The molecule has 1 aromatic heterocycles. The minimum absolute atomic E-state index is 0. The molecule has 28 heavy (non-hydrogen) atoms. The van der Waals surface area contributed by atoms with E-state index in [2.05, 4.69) is 17.1 Å². The molecule has 1 aliphatic heterocycles. The first kappa shape index (κ1) is 24.5. The van der Waals surface area contributed by atoms with E-state index in [0.717, 1.165) is 64.4 Å². The number of carbonyl (C=O) groups is 1. The van der Waals surface area contributed by atoms with Crippen molar-refractivity contribution in [2.45, 2.75) is 46.1 Å². The van der Waals surface area contributed by atoms with E-state index in [9.17, 15) is 9.59 Å². The Hall–Kier alpha value is -1.58. The Morgan fingerprint density at radius 1 is 1.25 bits per heavy atom. The van der Waals surface area contributed by atoms with E-state index in [0.29, 0.717) is 6.61 Å². The van der Waals surface area contributed by atoms with Crippen LogP contribution in [0.1, 0.15) is 39.5 Å². The minimum atomic E-state index is -0.0738. The summed E-state index contributed by atoms with van der Waals surface area (Å²) in [5.74, 6) is 0.847. The van der Waals surface area contributed by atoms with Crippen molar-refractivity contribution in [3.63, 3.8) is 0 Å². The first-order valence-electron chi connectivity index (χ1n) is 10.0. The molecule has 7 nitrogen and oxygen atoms in total. The average molecular weight is 504 g/mol. The van der Waals surface area contributed by atoms with Crippen LogP contribution in [0.2, 0.25) is 0 Å².